The van der Waals surface area contributed by atoms with Crippen LogP contribution >= 0.6 is 11.3 Å². The molecule has 10 aromatic carbocycles. The minimum absolute atomic E-state index is 0.911. The normalized spacial score (nSPS) is 11.7. The van der Waals surface area contributed by atoms with E-state index in [2.05, 4.69) is 217 Å². The van der Waals surface area contributed by atoms with E-state index >= 15 is 0 Å². The minimum Gasteiger partial charge on any atom is -0.455 e. The standard InChI is InChI=1S/C56H35NOS/c1-3-10-36(11-4-1)39-15-9-16-45(31-39)57(46-24-20-41-30-40(18-19-42(41)32-46)37-12-5-2-6-13-37)47-25-29-55-52(35-47)51-34-44(23-28-54(51)59-55)43-22-27-53-50(33-43)49-26-21-38-14-7-8-17-48(38)56(49)58-53/h1-35H. The number of rotatable bonds is 6. The summed E-state index contributed by atoms with van der Waals surface area (Å²) in [4.78, 5) is 2.41. The molecule has 0 fully saturated rings. The number of benzene rings is 10. The molecule has 0 bridgehead atoms. The Balaban J connectivity index is 0.992. The highest BCUT2D eigenvalue weighted by Crippen LogP contribution is 2.44. The van der Waals surface area contributed by atoms with Crippen LogP contribution in [-0.2, 0) is 0 Å². The van der Waals surface area contributed by atoms with Gasteiger partial charge in [0.15, 0.2) is 0 Å². The van der Waals surface area contributed by atoms with Gasteiger partial charge in [-0.2, -0.15) is 0 Å². The second kappa shape index (κ2) is 13.6. The molecule has 0 aliphatic rings. The average Bonchev–Trinajstić information content (AvgIpc) is 3.87. The summed E-state index contributed by atoms with van der Waals surface area (Å²) in [6, 6.07) is 77.1. The highest BCUT2D eigenvalue weighted by molar-refractivity contribution is 7.25. The molecule has 0 saturated heterocycles. The maximum absolute atomic E-state index is 6.46. The van der Waals surface area contributed by atoms with Crippen molar-refractivity contribution >= 4 is 92.1 Å². The van der Waals surface area contributed by atoms with Crippen LogP contribution in [0, 0.1) is 0 Å². The van der Waals surface area contributed by atoms with E-state index in [0.717, 1.165) is 44.4 Å². The Morgan fingerprint density at radius 3 is 1.69 bits per heavy atom. The van der Waals surface area contributed by atoms with Gasteiger partial charge in [-0.15, -0.1) is 11.3 Å². The summed E-state index contributed by atoms with van der Waals surface area (Å²) < 4.78 is 9.01. The average molecular weight is 770 g/mol. The molecule has 0 saturated carbocycles. The Morgan fingerprint density at radius 2 is 0.864 bits per heavy atom. The van der Waals surface area contributed by atoms with Crippen LogP contribution in [0.2, 0.25) is 0 Å². The minimum atomic E-state index is 0.911. The van der Waals surface area contributed by atoms with Gasteiger partial charge in [0.2, 0.25) is 0 Å². The lowest BCUT2D eigenvalue weighted by atomic mass is 9.99. The first-order chi connectivity index (χ1) is 29.2. The molecule has 2 heterocycles. The van der Waals surface area contributed by atoms with Crippen LogP contribution in [0.25, 0.3) is 97.0 Å². The molecule has 2 nitrogen and oxygen atoms in total. The van der Waals surface area contributed by atoms with Gasteiger partial charge >= 0.3 is 0 Å². The Bertz CT molecular complexity index is 3560. The van der Waals surface area contributed by atoms with Crippen LogP contribution in [0.15, 0.2) is 217 Å². The molecule has 0 N–H and O–H groups in total. The van der Waals surface area contributed by atoms with Gasteiger partial charge in [0.25, 0.3) is 0 Å². The molecule has 3 heteroatoms. The molecule has 0 aliphatic carbocycles. The van der Waals surface area contributed by atoms with Crippen LogP contribution < -0.4 is 4.90 Å². The van der Waals surface area contributed by atoms with E-state index in [9.17, 15) is 0 Å². The van der Waals surface area contributed by atoms with Crippen LogP contribution in [-0.4, -0.2) is 0 Å². The third kappa shape index (κ3) is 5.78. The van der Waals surface area contributed by atoms with Crippen molar-refractivity contribution in [1.82, 2.24) is 0 Å². The second-order valence-corrected chi connectivity index (χ2v) is 16.4. The summed E-state index contributed by atoms with van der Waals surface area (Å²) in [5, 5.41) is 9.55. The highest BCUT2D eigenvalue weighted by atomic mass is 32.1. The molecule has 0 unspecified atom stereocenters. The predicted octanol–water partition coefficient (Wildman–Crippen LogP) is 16.7. The van der Waals surface area contributed by atoms with Gasteiger partial charge in [-0.05, 0) is 128 Å². The van der Waals surface area contributed by atoms with Gasteiger partial charge in [0, 0.05) is 53.4 Å². The summed E-state index contributed by atoms with van der Waals surface area (Å²) in [7, 11) is 0. The van der Waals surface area contributed by atoms with E-state index in [-0.39, 0.29) is 0 Å². The van der Waals surface area contributed by atoms with Crippen molar-refractivity contribution in [3.05, 3.63) is 212 Å². The molecule has 12 rings (SSSR count). The number of fused-ring (bicyclic) bond motifs is 9. The molecule has 0 amide bonds. The summed E-state index contributed by atoms with van der Waals surface area (Å²) in [5.41, 5.74) is 12.4. The van der Waals surface area contributed by atoms with Crippen LogP contribution in [0.5, 0.6) is 0 Å². The first-order valence-corrected chi connectivity index (χ1v) is 20.9. The van der Waals surface area contributed by atoms with Gasteiger partial charge < -0.3 is 9.32 Å². The lowest BCUT2D eigenvalue weighted by Gasteiger charge is -2.26. The van der Waals surface area contributed by atoms with Gasteiger partial charge in [0.1, 0.15) is 11.2 Å². The number of nitrogens with zero attached hydrogens (tertiary/aromatic N) is 1. The molecule has 276 valence electrons. The van der Waals surface area contributed by atoms with Gasteiger partial charge in [0.05, 0.1) is 0 Å². The largest absolute Gasteiger partial charge is 0.455 e. The Labute approximate surface area is 345 Å². The smallest absolute Gasteiger partial charge is 0.143 e. The molecule has 12 aromatic rings. The summed E-state index contributed by atoms with van der Waals surface area (Å²) in [6.07, 6.45) is 0. The summed E-state index contributed by atoms with van der Waals surface area (Å²) in [5.74, 6) is 0. The maximum Gasteiger partial charge on any atom is 0.143 e. The molecule has 0 atom stereocenters. The van der Waals surface area contributed by atoms with Crippen molar-refractivity contribution in [2.75, 3.05) is 4.90 Å². The van der Waals surface area contributed by atoms with E-state index < -0.39 is 0 Å². The Kier molecular flexibility index (Phi) is 7.75. The number of anilines is 3. The van der Waals surface area contributed by atoms with E-state index in [1.165, 1.54) is 69.7 Å². The quantitative estimate of drug-likeness (QED) is 0.167. The SMILES string of the molecule is c1ccc(-c2cccc(N(c3ccc4cc(-c5ccccc5)ccc4c3)c3ccc4sc5ccc(-c6ccc7oc8c9ccccc9ccc8c7c6)cc5c4c3)c2)cc1. The maximum atomic E-state index is 6.46. The molecule has 0 aliphatic heterocycles. The zero-order chi connectivity index (χ0) is 38.9. The molecule has 0 spiro atoms. The second-order valence-electron chi connectivity index (χ2n) is 15.3. The topological polar surface area (TPSA) is 16.4 Å². The van der Waals surface area contributed by atoms with Crippen molar-refractivity contribution in [2.24, 2.45) is 0 Å². The summed E-state index contributed by atoms with van der Waals surface area (Å²) in [6.45, 7) is 0. The van der Waals surface area contributed by atoms with E-state index in [4.69, 9.17) is 4.42 Å². The number of hydrogen-bond donors (Lipinski definition) is 0. The van der Waals surface area contributed by atoms with Gasteiger partial charge in [-0.25, -0.2) is 0 Å². The summed E-state index contributed by atoms with van der Waals surface area (Å²) >= 11 is 1.85. The fourth-order valence-corrected chi connectivity index (χ4v) is 9.92. The van der Waals surface area contributed by atoms with E-state index in [0.29, 0.717) is 0 Å². The van der Waals surface area contributed by atoms with Crippen molar-refractivity contribution in [1.29, 1.82) is 0 Å². The van der Waals surface area contributed by atoms with Gasteiger partial charge in [-0.1, -0.05) is 133 Å². The van der Waals surface area contributed by atoms with Crippen molar-refractivity contribution in [3.8, 4) is 33.4 Å². The Morgan fingerprint density at radius 1 is 0.305 bits per heavy atom. The lowest BCUT2D eigenvalue weighted by Crippen LogP contribution is -2.10. The number of hydrogen-bond acceptors (Lipinski definition) is 3. The zero-order valence-electron chi connectivity index (χ0n) is 32.0. The first-order valence-electron chi connectivity index (χ1n) is 20.1. The molecule has 0 radical (unpaired) electrons. The van der Waals surface area contributed by atoms with Crippen LogP contribution in [0.4, 0.5) is 17.1 Å². The first kappa shape index (κ1) is 33.7. The fourth-order valence-electron chi connectivity index (χ4n) is 8.85. The highest BCUT2D eigenvalue weighted by Gasteiger charge is 2.18. The van der Waals surface area contributed by atoms with Crippen LogP contribution in [0.3, 0.4) is 0 Å². The van der Waals surface area contributed by atoms with E-state index in [1.807, 2.05) is 11.3 Å². The lowest BCUT2D eigenvalue weighted by molar-refractivity contribution is 0.672. The van der Waals surface area contributed by atoms with Crippen molar-refractivity contribution in [3.63, 3.8) is 0 Å². The monoisotopic (exact) mass is 769 g/mol. The van der Waals surface area contributed by atoms with Gasteiger partial charge in [-0.3, -0.25) is 0 Å². The zero-order valence-corrected chi connectivity index (χ0v) is 32.8. The predicted molar refractivity (Wildman–Crippen MR) is 253 cm³/mol. The van der Waals surface area contributed by atoms with E-state index in [1.54, 1.807) is 0 Å². The molecular weight excluding hydrogens is 735 g/mol. The fraction of sp³-hybridized carbons (Fsp3) is 0. The number of furan rings is 1. The molecule has 59 heavy (non-hydrogen) atoms. The van der Waals surface area contributed by atoms with Crippen molar-refractivity contribution in [2.45, 2.75) is 0 Å². The number of thiophene rings is 1. The van der Waals surface area contributed by atoms with Crippen molar-refractivity contribution < 1.29 is 4.42 Å². The molecular formula is C56H35NOS. The Hall–Kier alpha value is -7.46. The molecule has 2 aromatic heterocycles. The third-order valence-corrected chi connectivity index (χ3v) is 13.0. The third-order valence-electron chi connectivity index (χ3n) is 11.8. The van der Waals surface area contributed by atoms with Crippen LogP contribution in [0.1, 0.15) is 0 Å².